The van der Waals surface area contributed by atoms with Crippen LogP contribution in [0.25, 0.3) is 0 Å². The highest BCUT2D eigenvalue weighted by Crippen LogP contribution is 2.17. The Bertz CT molecular complexity index is 444. The van der Waals surface area contributed by atoms with Crippen LogP contribution in [-0.2, 0) is 6.61 Å². The van der Waals surface area contributed by atoms with E-state index in [-0.39, 0.29) is 0 Å². The third kappa shape index (κ3) is 2.84. The van der Waals surface area contributed by atoms with Crippen LogP contribution in [0.1, 0.15) is 10.7 Å². The molecule has 5 nitrogen and oxygen atoms in total. The van der Waals surface area contributed by atoms with Crippen molar-refractivity contribution in [2.45, 2.75) is 13.5 Å². The lowest BCUT2D eigenvalue weighted by Gasteiger charge is -1.99. The van der Waals surface area contributed by atoms with Crippen molar-refractivity contribution in [3.63, 3.8) is 0 Å². The number of halogens is 1. The van der Waals surface area contributed by atoms with Crippen molar-refractivity contribution >= 4 is 22.9 Å². The summed E-state index contributed by atoms with van der Waals surface area (Å²) < 4.78 is 5.35. The fraction of sp³-hybridized carbons (Fsp3) is 0.250. The molecule has 0 atom stereocenters. The molecule has 2 heterocycles. The molecular formula is C8H7ClN4OS. The van der Waals surface area contributed by atoms with E-state index in [1.54, 1.807) is 6.20 Å². The van der Waals surface area contributed by atoms with Crippen molar-refractivity contribution in [3.8, 4) is 5.19 Å². The predicted molar refractivity (Wildman–Crippen MR) is 56.0 cm³/mol. The first-order chi connectivity index (χ1) is 7.24. The van der Waals surface area contributed by atoms with Crippen LogP contribution in [0.5, 0.6) is 5.19 Å². The summed E-state index contributed by atoms with van der Waals surface area (Å²) >= 11 is 6.99. The molecule has 2 aromatic rings. The number of aromatic nitrogens is 4. The zero-order valence-electron chi connectivity index (χ0n) is 7.85. The van der Waals surface area contributed by atoms with Crippen LogP contribution in [-0.4, -0.2) is 20.2 Å². The molecular weight excluding hydrogens is 236 g/mol. The monoisotopic (exact) mass is 242 g/mol. The molecule has 0 aliphatic heterocycles. The summed E-state index contributed by atoms with van der Waals surface area (Å²) in [4.78, 5) is 7.92. The third-order valence-corrected chi connectivity index (χ3v) is 2.47. The molecule has 0 aromatic carbocycles. The van der Waals surface area contributed by atoms with Crippen molar-refractivity contribution < 1.29 is 4.74 Å². The molecule has 2 aromatic heterocycles. The van der Waals surface area contributed by atoms with E-state index in [9.17, 15) is 0 Å². The maximum Gasteiger partial charge on any atom is 0.294 e. The number of ether oxygens (including phenoxy) is 1. The quantitative estimate of drug-likeness (QED) is 0.822. The van der Waals surface area contributed by atoms with Crippen LogP contribution in [0.15, 0.2) is 12.4 Å². The molecule has 78 valence electrons. The Hall–Kier alpha value is -1.27. The highest BCUT2D eigenvalue weighted by molar-refractivity contribution is 7.12. The van der Waals surface area contributed by atoms with Crippen molar-refractivity contribution in [2.24, 2.45) is 0 Å². The molecule has 0 aliphatic rings. The summed E-state index contributed by atoms with van der Waals surface area (Å²) in [5, 5.41) is 9.42. The minimum absolute atomic E-state index is 0.318. The van der Waals surface area contributed by atoms with Crippen LogP contribution in [0, 0.1) is 6.92 Å². The van der Waals surface area contributed by atoms with E-state index in [4.69, 9.17) is 16.3 Å². The minimum atomic E-state index is 0.318. The summed E-state index contributed by atoms with van der Waals surface area (Å²) in [5.74, 6) is 0. The molecule has 0 spiro atoms. The van der Waals surface area contributed by atoms with Gasteiger partial charge in [0.15, 0.2) is 0 Å². The van der Waals surface area contributed by atoms with Crippen molar-refractivity contribution in [3.05, 3.63) is 28.2 Å². The fourth-order valence-corrected chi connectivity index (χ4v) is 1.52. The number of hydrogen-bond acceptors (Lipinski definition) is 6. The number of aryl methyl sites for hydroxylation is 1. The molecule has 0 unspecified atom stereocenters. The van der Waals surface area contributed by atoms with Gasteiger partial charge < -0.3 is 4.74 Å². The van der Waals surface area contributed by atoms with E-state index in [1.165, 1.54) is 17.5 Å². The molecule has 0 saturated heterocycles. The largest absolute Gasteiger partial charge is 0.462 e. The Morgan fingerprint density at radius 2 is 2.20 bits per heavy atom. The highest BCUT2D eigenvalue weighted by Gasteiger charge is 2.02. The smallest absolute Gasteiger partial charge is 0.294 e. The number of rotatable bonds is 3. The van der Waals surface area contributed by atoms with Gasteiger partial charge in [-0.05, 0) is 6.92 Å². The van der Waals surface area contributed by atoms with E-state index >= 15 is 0 Å². The van der Waals surface area contributed by atoms with Crippen LogP contribution >= 0.6 is 22.9 Å². The van der Waals surface area contributed by atoms with Gasteiger partial charge in [-0.1, -0.05) is 22.9 Å². The summed E-state index contributed by atoms with van der Waals surface area (Å²) in [6.07, 6.45) is 3.04. The average Bonchev–Trinajstić information content (AvgIpc) is 2.64. The average molecular weight is 243 g/mol. The van der Waals surface area contributed by atoms with E-state index in [0.29, 0.717) is 22.6 Å². The summed E-state index contributed by atoms with van der Waals surface area (Å²) in [7, 11) is 0. The summed E-state index contributed by atoms with van der Waals surface area (Å²) in [5.41, 5.74) is 0.701. The molecule has 0 fully saturated rings. The van der Waals surface area contributed by atoms with Gasteiger partial charge in [0.2, 0.25) is 0 Å². The van der Waals surface area contributed by atoms with Gasteiger partial charge in [0, 0.05) is 0 Å². The first-order valence-electron chi connectivity index (χ1n) is 4.13. The summed E-state index contributed by atoms with van der Waals surface area (Å²) in [6, 6.07) is 0. The third-order valence-electron chi connectivity index (χ3n) is 1.52. The zero-order chi connectivity index (χ0) is 10.7. The van der Waals surface area contributed by atoms with Crippen molar-refractivity contribution in [1.29, 1.82) is 0 Å². The summed E-state index contributed by atoms with van der Waals surface area (Å²) in [6.45, 7) is 2.19. The molecule has 0 amide bonds. The second-order valence-electron chi connectivity index (χ2n) is 2.71. The lowest BCUT2D eigenvalue weighted by molar-refractivity contribution is 0.296. The second-order valence-corrected chi connectivity index (χ2v) is 4.24. The van der Waals surface area contributed by atoms with Crippen LogP contribution in [0.4, 0.5) is 0 Å². The lowest BCUT2D eigenvalue weighted by atomic mass is 10.5. The van der Waals surface area contributed by atoms with Crippen LogP contribution in [0.3, 0.4) is 0 Å². The van der Waals surface area contributed by atoms with Gasteiger partial charge in [-0.25, -0.2) is 4.98 Å². The standard InChI is InChI=1S/C8H7ClN4OS/c1-5-12-13-8(15-5)14-4-6-2-11-7(9)3-10-6/h2-3H,4H2,1H3. The first kappa shape index (κ1) is 10.3. The Kier molecular flexibility index (Phi) is 3.08. The Labute approximate surface area is 95.1 Å². The van der Waals surface area contributed by atoms with Crippen LogP contribution < -0.4 is 4.74 Å². The van der Waals surface area contributed by atoms with E-state index in [2.05, 4.69) is 20.2 Å². The lowest BCUT2D eigenvalue weighted by Crippen LogP contribution is -1.98. The highest BCUT2D eigenvalue weighted by atomic mass is 35.5. The van der Waals surface area contributed by atoms with Gasteiger partial charge in [-0.15, -0.1) is 10.2 Å². The first-order valence-corrected chi connectivity index (χ1v) is 5.33. The minimum Gasteiger partial charge on any atom is -0.462 e. The van der Waals surface area contributed by atoms with E-state index in [1.807, 2.05) is 6.92 Å². The molecule has 15 heavy (non-hydrogen) atoms. The molecule has 0 N–H and O–H groups in total. The van der Waals surface area contributed by atoms with Gasteiger partial charge in [0.1, 0.15) is 16.8 Å². The van der Waals surface area contributed by atoms with E-state index in [0.717, 1.165) is 5.01 Å². The number of hydrogen-bond donors (Lipinski definition) is 0. The SMILES string of the molecule is Cc1nnc(OCc2cnc(Cl)cn2)s1. The number of nitrogens with zero attached hydrogens (tertiary/aromatic N) is 4. The van der Waals surface area contributed by atoms with E-state index < -0.39 is 0 Å². The Morgan fingerprint density at radius 1 is 1.33 bits per heavy atom. The predicted octanol–water partition coefficient (Wildman–Crippen LogP) is 1.87. The molecule has 2 rings (SSSR count). The van der Waals surface area contributed by atoms with Crippen molar-refractivity contribution in [1.82, 2.24) is 20.2 Å². The van der Waals surface area contributed by atoms with Gasteiger partial charge in [0.05, 0.1) is 18.1 Å². The maximum absolute atomic E-state index is 5.60. The fourth-order valence-electron chi connectivity index (χ4n) is 0.886. The zero-order valence-corrected chi connectivity index (χ0v) is 9.42. The molecule has 7 heteroatoms. The van der Waals surface area contributed by atoms with Gasteiger partial charge >= 0.3 is 0 Å². The van der Waals surface area contributed by atoms with Gasteiger partial charge in [0.25, 0.3) is 5.19 Å². The Morgan fingerprint density at radius 3 is 2.80 bits per heavy atom. The molecule has 0 radical (unpaired) electrons. The van der Waals surface area contributed by atoms with Crippen LogP contribution in [0.2, 0.25) is 5.15 Å². The molecule has 0 bridgehead atoms. The van der Waals surface area contributed by atoms with Gasteiger partial charge in [-0.3, -0.25) is 4.98 Å². The second kappa shape index (κ2) is 4.50. The topological polar surface area (TPSA) is 60.8 Å². The molecule has 0 aliphatic carbocycles. The molecule has 0 saturated carbocycles. The normalized spacial score (nSPS) is 10.3. The Balaban J connectivity index is 1.96. The van der Waals surface area contributed by atoms with Crippen molar-refractivity contribution in [2.75, 3.05) is 0 Å². The van der Waals surface area contributed by atoms with Gasteiger partial charge in [-0.2, -0.15) is 0 Å². The maximum atomic E-state index is 5.60.